The molecule has 0 aromatic heterocycles. The standard InChI is InChI=1S/C16H19NO3/c1-11-9-13(16(17-10-18)5-3-4-6-16)15-14(12(11)2)19-7-8-20-15/h9H,3-8H2,1-2H3. The number of hydrogen-bond donors (Lipinski definition) is 0. The van der Waals surface area contributed by atoms with Gasteiger partial charge in [-0.3, -0.25) is 0 Å². The molecular formula is C16H19NO3. The fourth-order valence-corrected chi connectivity index (χ4v) is 3.30. The van der Waals surface area contributed by atoms with Crippen molar-refractivity contribution in [2.75, 3.05) is 13.2 Å². The van der Waals surface area contributed by atoms with Gasteiger partial charge in [0.15, 0.2) is 11.5 Å². The Balaban J connectivity index is 2.22. The molecule has 0 spiro atoms. The number of fused-ring (bicyclic) bond motifs is 1. The van der Waals surface area contributed by atoms with Gasteiger partial charge < -0.3 is 9.47 Å². The molecule has 4 nitrogen and oxygen atoms in total. The lowest BCUT2D eigenvalue weighted by Crippen LogP contribution is -2.25. The number of hydrogen-bond acceptors (Lipinski definition) is 4. The van der Waals surface area contributed by atoms with Gasteiger partial charge in [0.1, 0.15) is 18.8 Å². The molecular weight excluding hydrogens is 254 g/mol. The maximum absolute atomic E-state index is 10.9. The van der Waals surface area contributed by atoms with Crippen LogP contribution >= 0.6 is 0 Å². The molecule has 0 amide bonds. The van der Waals surface area contributed by atoms with Crippen LogP contribution in [0.4, 0.5) is 0 Å². The van der Waals surface area contributed by atoms with Crippen LogP contribution in [0.25, 0.3) is 0 Å². The summed E-state index contributed by atoms with van der Waals surface area (Å²) in [4.78, 5) is 15.1. The monoisotopic (exact) mass is 273 g/mol. The van der Waals surface area contributed by atoms with Crippen LogP contribution in [0.3, 0.4) is 0 Å². The van der Waals surface area contributed by atoms with Crippen LogP contribution < -0.4 is 9.47 Å². The molecule has 1 fully saturated rings. The van der Waals surface area contributed by atoms with E-state index in [2.05, 4.69) is 18.0 Å². The summed E-state index contributed by atoms with van der Waals surface area (Å²) < 4.78 is 11.7. The van der Waals surface area contributed by atoms with Gasteiger partial charge in [-0.2, -0.15) is 4.99 Å². The minimum atomic E-state index is -0.467. The highest BCUT2D eigenvalue weighted by Crippen LogP contribution is 2.50. The topological polar surface area (TPSA) is 47.9 Å². The quantitative estimate of drug-likeness (QED) is 0.614. The van der Waals surface area contributed by atoms with Gasteiger partial charge in [-0.15, -0.1) is 0 Å². The van der Waals surface area contributed by atoms with Crippen molar-refractivity contribution in [3.63, 3.8) is 0 Å². The summed E-state index contributed by atoms with van der Waals surface area (Å²) in [6.07, 6.45) is 5.67. The largest absolute Gasteiger partial charge is 0.486 e. The molecule has 1 aliphatic heterocycles. The van der Waals surface area contributed by atoms with Gasteiger partial charge >= 0.3 is 0 Å². The molecule has 106 valence electrons. The molecule has 0 unspecified atom stereocenters. The predicted octanol–water partition coefficient (Wildman–Crippen LogP) is 3.18. The highest BCUT2D eigenvalue weighted by atomic mass is 16.6. The van der Waals surface area contributed by atoms with E-state index in [1.165, 1.54) is 0 Å². The molecule has 0 radical (unpaired) electrons. The van der Waals surface area contributed by atoms with E-state index in [0.717, 1.165) is 53.9 Å². The number of ether oxygens (including phenoxy) is 2. The van der Waals surface area contributed by atoms with Crippen LogP contribution in [0.15, 0.2) is 11.1 Å². The van der Waals surface area contributed by atoms with E-state index in [0.29, 0.717) is 13.2 Å². The number of carbonyl (C=O) groups excluding carboxylic acids is 1. The molecule has 0 saturated heterocycles. The van der Waals surface area contributed by atoms with Crippen molar-refractivity contribution in [1.82, 2.24) is 0 Å². The molecule has 1 saturated carbocycles. The van der Waals surface area contributed by atoms with E-state index in [4.69, 9.17) is 9.47 Å². The third kappa shape index (κ3) is 1.92. The summed E-state index contributed by atoms with van der Waals surface area (Å²) >= 11 is 0. The fourth-order valence-electron chi connectivity index (χ4n) is 3.30. The summed E-state index contributed by atoms with van der Waals surface area (Å²) in [6.45, 7) is 5.21. The van der Waals surface area contributed by atoms with Gasteiger partial charge in [0.25, 0.3) is 0 Å². The highest BCUT2D eigenvalue weighted by molar-refractivity contribution is 5.58. The van der Waals surface area contributed by atoms with Crippen molar-refractivity contribution in [1.29, 1.82) is 0 Å². The summed E-state index contributed by atoms with van der Waals surface area (Å²) in [5.74, 6) is 1.60. The van der Waals surface area contributed by atoms with Crippen molar-refractivity contribution in [3.05, 3.63) is 22.8 Å². The smallest absolute Gasteiger partial charge is 0.235 e. The van der Waals surface area contributed by atoms with Crippen molar-refractivity contribution >= 4 is 6.08 Å². The van der Waals surface area contributed by atoms with E-state index in [1.807, 2.05) is 6.92 Å². The van der Waals surface area contributed by atoms with Gasteiger partial charge in [-0.05, 0) is 43.9 Å². The van der Waals surface area contributed by atoms with Gasteiger partial charge in [-0.1, -0.05) is 12.8 Å². The third-order valence-corrected chi connectivity index (χ3v) is 4.51. The molecule has 1 aliphatic carbocycles. The Labute approximate surface area is 118 Å². The summed E-state index contributed by atoms with van der Waals surface area (Å²) in [5, 5.41) is 0. The van der Waals surface area contributed by atoms with E-state index in [1.54, 1.807) is 6.08 Å². The normalized spacial score (nSPS) is 19.5. The first kappa shape index (κ1) is 13.2. The molecule has 1 aromatic carbocycles. The Morgan fingerprint density at radius 3 is 2.45 bits per heavy atom. The molecule has 2 aliphatic rings. The van der Waals surface area contributed by atoms with Crippen LogP contribution in [0.2, 0.25) is 0 Å². The lowest BCUT2D eigenvalue weighted by atomic mass is 9.85. The number of aliphatic imine (C=N–C) groups is 1. The first-order valence-corrected chi connectivity index (χ1v) is 7.17. The maximum Gasteiger partial charge on any atom is 0.235 e. The van der Waals surface area contributed by atoms with Gasteiger partial charge in [0.2, 0.25) is 6.08 Å². The third-order valence-electron chi connectivity index (χ3n) is 4.51. The molecule has 3 rings (SSSR count). The average Bonchev–Trinajstić information content (AvgIpc) is 2.93. The average molecular weight is 273 g/mol. The van der Waals surface area contributed by atoms with Gasteiger partial charge in [0.05, 0.1) is 0 Å². The summed E-state index contributed by atoms with van der Waals surface area (Å²) in [7, 11) is 0. The zero-order valence-corrected chi connectivity index (χ0v) is 12.0. The van der Waals surface area contributed by atoms with Gasteiger partial charge in [0, 0.05) is 5.56 Å². The molecule has 0 bridgehead atoms. The lowest BCUT2D eigenvalue weighted by Gasteiger charge is -2.30. The molecule has 1 heterocycles. The van der Waals surface area contributed by atoms with E-state index < -0.39 is 5.54 Å². The second-order valence-electron chi connectivity index (χ2n) is 5.66. The number of isocyanates is 1. The van der Waals surface area contributed by atoms with Crippen molar-refractivity contribution in [2.45, 2.75) is 45.1 Å². The molecule has 0 atom stereocenters. The zero-order chi connectivity index (χ0) is 14.2. The van der Waals surface area contributed by atoms with Crippen molar-refractivity contribution in [3.8, 4) is 11.5 Å². The summed E-state index contributed by atoms with van der Waals surface area (Å²) in [5.41, 5.74) is 2.78. The Bertz CT molecular complexity index is 582. The Kier molecular flexibility index (Phi) is 3.27. The number of rotatable bonds is 2. The van der Waals surface area contributed by atoms with E-state index >= 15 is 0 Å². The van der Waals surface area contributed by atoms with Crippen LogP contribution in [0, 0.1) is 13.8 Å². The fraction of sp³-hybridized carbons (Fsp3) is 0.562. The van der Waals surface area contributed by atoms with Crippen LogP contribution in [-0.2, 0) is 10.3 Å². The maximum atomic E-state index is 10.9. The molecule has 4 heteroatoms. The first-order chi connectivity index (χ1) is 9.68. The first-order valence-electron chi connectivity index (χ1n) is 7.17. The molecule has 20 heavy (non-hydrogen) atoms. The van der Waals surface area contributed by atoms with Crippen molar-refractivity contribution in [2.24, 2.45) is 4.99 Å². The highest BCUT2D eigenvalue weighted by Gasteiger charge is 2.40. The lowest BCUT2D eigenvalue weighted by molar-refractivity contribution is 0.165. The van der Waals surface area contributed by atoms with Crippen LogP contribution in [0.1, 0.15) is 42.4 Å². The number of nitrogens with zero attached hydrogens (tertiary/aromatic N) is 1. The molecule has 1 aromatic rings. The zero-order valence-electron chi connectivity index (χ0n) is 12.0. The van der Waals surface area contributed by atoms with Crippen LogP contribution in [-0.4, -0.2) is 19.3 Å². The van der Waals surface area contributed by atoms with E-state index in [-0.39, 0.29) is 0 Å². The van der Waals surface area contributed by atoms with Crippen LogP contribution in [0.5, 0.6) is 11.5 Å². The minimum absolute atomic E-state index is 0.467. The second-order valence-corrected chi connectivity index (χ2v) is 5.66. The summed E-state index contributed by atoms with van der Waals surface area (Å²) in [6, 6.07) is 2.11. The number of aryl methyl sites for hydroxylation is 1. The predicted molar refractivity (Wildman–Crippen MR) is 75.2 cm³/mol. The van der Waals surface area contributed by atoms with Gasteiger partial charge in [-0.25, -0.2) is 4.79 Å². The van der Waals surface area contributed by atoms with E-state index in [9.17, 15) is 4.79 Å². The minimum Gasteiger partial charge on any atom is -0.486 e. The SMILES string of the molecule is Cc1cc(C2(N=C=O)CCCC2)c2c(c1C)OCCO2. The number of benzene rings is 1. The Morgan fingerprint density at radius 2 is 1.80 bits per heavy atom. The Hall–Kier alpha value is -1.80. The molecule has 0 N–H and O–H groups in total. The van der Waals surface area contributed by atoms with Crippen molar-refractivity contribution < 1.29 is 14.3 Å². The Morgan fingerprint density at radius 1 is 1.15 bits per heavy atom. The second kappa shape index (κ2) is 4.95.